The van der Waals surface area contributed by atoms with Crippen LogP contribution >= 0.6 is 0 Å². The number of nitro groups is 1. The minimum atomic E-state index is -0.441. The fraction of sp³-hybridized carbons (Fsp3) is 0.529. The highest BCUT2D eigenvalue weighted by Gasteiger charge is 2.14. The molecule has 1 aliphatic carbocycles. The molecule has 1 fully saturated rings. The van der Waals surface area contributed by atoms with Gasteiger partial charge < -0.3 is 0 Å². The van der Waals surface area contributed by atoms with Gasteiger partial charge in [-0.1, -0.05) is 32.1 Å². The van der Waals surface area contributed by atoms with Crippen LogP contribution in [0.2, 0.25) is 0 Å². The van der Waals surface area contributed by atoms with Gasteiger partial charge >= 0.3 is 0 Å². The first-order chi connectivity index (χ1) is 11.1. The summed E-state index contributed by atoms with van der Waals surface area (Å²) in [7, 11) is 0. The fourth-order valence-electron chi connectivity index (χ4n) is 2.90. The molecule has 0 radical (unpaired) electrons. The second-order valence-electron chi connectivity index (χ2n) is 6.08. The fourth-order valence-corrected chi connectivity index (χ4v) is 2.90. The Bertz CT molecular complexity index is 575. The molecule has 0 unspecified atom stereocenters. The molecule has 2 rings (SSSR count). The van der Waals surface area contributed by atoms with E-state index in [-0.39, 0.29) is 11.6 Å². The molecule has 124 valence electrons. The third-order valence-corrected chi connectivity index (χ3v) is 4.35. The van der Waals surface area contributed by atoms with E-state index < -0.39 is 4.92 Å². The minimum absolute atomic E-state index is 0.0399. The van der Waals surface area contributed by atoms with E-state index in [4.69, 9.17) is 0 Å². The first-order valence-corrected chi connectivity index (χ1v) is 8.14. The smallest absolute Gasteiger partial charge is 0.269 e. The molecule has 1 N–H and O–H groups in total. The topological polar surface area (TPSA) is 84.6 Å². The minimum Gasteiger partial charge on any atom is -0.273 e. The lowest BCUT2D eigenvalue weighted by atomic mass is 9.86. The second-order valence-corrected chi connectivity index (χ2v) is 6.08. The number of nitrogens with zero attached hydrogens (tertiary/aromatic N) is 2. The Balaban J connectivity index is 1.80. The van der Waals surface area contributed by atoms with Crippen LogP contribution in [0.3, 0.4) is 0 Å². The van der Waals surface area contributed by atoms with Crippen molar-refractivity contribution in [1.29, 1.82) is 0 Å². The van der Waals surface area contributed by atoms with Gasteiger partial charge in [-0.05, 0) is 37.0 Å². The first-order valence-electron chi connectivity index (χ1n) is 8.14. The Kier molecular flexibility index (Phi) is 6.26. The molecule has 6 heteroatoms. The first kappa shape index (κ1) is 17.1. The van der Waals surface area contributed by atoms with E-state index in [2.05, 4.69) is 10.5 Å². The van der Waals surface area contributed by atoms with Crippen molar-refractivity contribution in [1.82, 2.24) is 5.43 Å². The number of nitrogens with one attached hydrogen (secondary N) is 1. The number of rotatable bonds is 6. The van der Waals surface area contributed by atoms with Crippen LogP contribution in [0.25, 0.3) is 0 Å². The molecule has 0 saturated heterocycles. The van der Waals surface area contributed by atoms with Crippen molar-refractivity contribution in [3.05, 3.63) is 39.9 Å². The van der Waals surface area contributed by atoms with Crippen LogP contribution in [0.4, 0.5) is 5.69 Å². The van der Waals surface area contributed by atoms with E-state index in [0.29, 0.717) is 18.1 Å². The largest absolute Gasteiger partial charge is 0.273 e. The van der Waals surface area contributed by atoms with E-state index in [9.17, 15) is 14.9 Å². The summed E-state index contributed by atoms with van der Waals surface area (Å²) < 4.78 is 0. The average Bonchev–Trinajstić information content (AvgIpc) is 2.58. The van der Waals surface area contributed by atoms with E-state index >= 15 is 0 Å². The van der Waals surface area contributed by atoms with Crippen LogP contribution in [0, 0.1) is 16.0 Å². The molecule has 0 atom stereocenters. The lowest BCUT2D eigenvalue weighted by molar-refractivity contribution is -0.384. The lowest BCUT2D eigenvalue weighted by Crippen LogP contribution is -2.20. The number of amides is 1. The zero-order chi connectivity index (χ0) is 16.7. The van der Waals surface area contributed by atoms with Crippen LogP contribution < -0.4 is 5.43 Å². The van der Waals surface area contributed by atoms with Crippen LogP contribution in [-0.2, 0) is 4.79 Å². The SMILES string of the molecule is C/C(=N\NC(=O)CCC1CCCCC1)c1ccc([N+](=O)[O-])cc1. The second kappa shape index (κ2) is 8.41. The molecule has 1 aliphatic rings. The van der Waals surface area contributed by atoms with Gasteiger partial charge in [-0.25, -0.2) is 5.43 Å². The van der Waals surface area contributed by atoms with Crippen molar-refractivity contribution < 1.29 is 9.72 Å². The molecule has 0 heterocycles. The van der Waals surface area contributed by atoms with Gasteiger partial charge in [0.2, 0.25) is 5.91 Å². The Labute approximate surface area is 136 Å². The van der Waals surface area contributed by atoms with Gasteiger partial charge in [0.25, 0.3) is 5.69 Å². The molecule has 23 heavy (non-hydrogen) atoms. The third-order valence-electron chi connectivity index (χ3n) is 4.35. The van der Waals surface area contributed by atoms with Crippen molar-refractivity contribution in [2.24, 2.45) is 11.0 Å². The summed E-state index contributed by atoms with van der Waals surface area (Å²) >= 11 is 0. The number of hydrogen-bond donors (Lipinski definition) is 1. The highest BCUT2D eigenvalue weighted by Crippen LogP contribution is 2.27. The molecular weight excluding hydrogens is 294 g/mol. The highest BCUT2D eigenvalue weighted by atomic mass is 16.6. The Hall–Kier alpha value is -2.24. The molecule has 0 aromatic heterocycles. The Morgan fingerprint density at radius 3 is 2.52 bits per heavy atom. The summed E-state index contributed by atoms with van der Waals surface area (Å²) in [5, 5.41) is 14.7. The quantitative estimate of drug-likeness (QED) is 0.492. The van der Waals surface area contributed by atoms with Crippen LogP contribution in [-0.4, -0.2) is 16.5 Å². The summed E-state index contributed by atoms with van der Waals surface area (Å²) in [5.74, 6) is 0.603. The van der Waals surface area contributed by atoms with Crippen LogP contribution in [0.5, 0.6) is 0 Å². The number of hydrogen-bond acceptors (Lipinski definition) is 4. The van der Waals surface area contributed by atoms with Gasteiger partial charge in [-0.15, -0.1) is 0 Å². The summed E-state index contributed by atoms with van der Waals surface area (Å²) in [6.45, 7) is 1.77. The molecule has 0 bridgehead atoms. The van der Waals surface area contributed by atoms with Crippen molar-refractivity contribution in [3.8, 4) is 0 Å². The van der Waals surface area contributed by atoms with Gasteiger partial charge in [0.1, 0.15) is 0 Å². The molecular formula is C17H23N3O3. The third kappa shape index (κ3) is 5.47. The molecule has 1 aromatic rings. The lowest BCUT2D eigenvalue weighted by Gasteiger charge is -2.20. The van der Waals surface area contributed by atoms with Gasteiger partial charge in [0, 0.05) is 18.6 Å². The maximum absolute atomic E-state index is 11.9. The predicted octanol–water partition coefficient (Wildman–Crippen LogP) is 3.80. The van der Waals surface area contributed by atoms with E-state index in [1.165, 1.54) is 44.2 Å². The molecule has 6 nitrogen and oxygen atoms in total. The zero-order valence-electron chi connectivity index (χ0n) is 13.5. The van der Waals surface area contributed by atoms with Gasteiger partial charge in [-0.3, -0.25) is 14.9 Å². The van der Waals surface area contributed by atoms with Crippen molar-refractivity contribution in [2.45, 2.75) is 51.9 Å². The highest BCUT2D eigenvalue weighted by molar-refractivity contribution is 5.99. The molecule has 0 aliphatic heterocycles. The van der Waals surface area contributed by atoms with E-state index in [0.717, 1.165) is 12.0 Å². The van der Waals surface area contributed by atoms with Crippen LogP contribution in [0.15, 0.2) is 29.4 Å². The zero-order valence-corrected chi connectivity index (χ0v) is 13.5. The summed E-state index contributed by atoms with van der Waals surface area (Å²) in [6, 6.07) is 6.12. The monoisotopic (exact) mass is 317 g/mol. The van der Waals surface area contributed by atoms with Gasteiger partial charge in [0.05, 0.1) is 10.6 Å². The molecule has 0 spiro atoms. The predicted molar refractivity (Wildman–Crippen MR) is 89.3 cm³/mol. The summed E-state index contributed by atoms with van der Waals surface area (Å²) in [6.07, 6.45) is 7.78. The molecule has 1 amide bonds. The number of benzene rings is 1. The molecule has 1 saturated carbocycles. The maximum atomic E-state index is 11.9. The number of carbonyl (C=O) groups excluding carboxylic acids is 1. The van der Waals surface area contributed by atoms with Crippen molar-refractivity contribution >= 4 is 17.3 Å². The van der Waals surface area contributed by atoms with E-state index in [1.807, 2.05) is 0 Å². The number of non-ortho nitro benzene ring substituents is 1. The van der Waals surface area contributed by atoms with Crippen molar-refractivity contribution in [2.75, 3.05) is 0 Å². The number of hydrazone groups is 1. The molecule has 1 aromatic carbocycles. The standard InChI is InChI=1S/C17H23N3O3/c1-13(15-8-10-16(11-9-15)20(22)23)18-19-17(21)12-7-14-5-3-2-4-6-14/h8-11,14H,2-7,12H2,1H3,(H,19,21)/b18-13+. The normalized spacial score (nSPS) is 16.1. The Morgan fingerprint density at radius 1 is 1.26 bits per heavy atom. The van der Waals surface area contributed by atoms with Crippen molar-refractivity contribution in [3.63, 3.8) is 0 Å². The summed E-state index contributed by atoms with van der Waals surface area (Å²) in [4.78, 5) is 22.0. The van der Waals surface area contributed by atoms with Gasteiger partial charge in [0.15, 0.2) is 0 Å². The van der Waals surface area contributed by atoms with Crippen LogP contribution in [0.1, 0.15) is 57.4 Å². The Morgan fingerprint density at radius 2 is 1.91 bits per heavy atom. The number of nitro benzene ring substituents is 1. The number of carbonyl (C=O) groups is 1. The van der Waals surface area contributed by atoms with Gasteiger partial charge in [-0.2, -0.15) is 5.10 Å². The average molecular weight is 317 g/mol. The van der Waals surface area contributed by atoms with E-state index in [1.54, 1.807) is 19.1 Å². The maximum Gasteiger partial charge on any atom is 0.269 e. The summed E-state index contributed by atoms with van der Waals surface area (Å²) in [5.41, 5.74) is 4.00.